The number of rotatable bonds is 5. The van der Waals surface area contributed by atoms with Crippen LogP contribution in [0, 0.1) is 6.92 Å². The van der Waals surface area contributed by atoms with E-state index in [1.165, 1.54) is 26.6 Å². The van der Waals surface area contributed by atoms with Crippen molar-refractivity contribution in [2.24, 2.45) is 5.10 Å². The fourth-order valence-corrected chi connectivity index (χ4v) is 1.82. The molecule has 0 saturated carbocycles. The summed E-state index contributed by atoms with van der Waals surface area (Å²) >= 11 is 0. The van der Waals surface area contributed by atoms with Gasteiger partial charge in [-0.1, -0.05) is 0 Å². The number of hydrogen-bond donors (Lipinski definition) is 2. The third kappa shape index (κ3) is 3.97. The van der Waals surface area contributed by atoms with E-state index < -0.39 is 0 Å². The van der Waals surface area contributed by atoms with E-state index in [0.717, 1.165) is 5.69 Å². The van der Waals surface area contributed by atoms with Crippen molar-refractivity contribution in [1.82, 2.24) is 10.4 Å². The number of benzene rings is 1. The number of hydrazone groups is 1. The second-order valence-corrected chi connectivity index (χ2v) is 4.66. The number of phenolic OH excluding ortho intramolecular Hbond substituents is 1. The molecule has 7 nitrogen and oxygen atoms in total. The summed E-state index contributed by atoms with van der Waals surface area (Å²) in [5, 5.41) is 13.7. The molecule has 1 amide bonds. The summed E-state index contributed by atoms with van der Waals surface area (Å²) in [7, 11) is 2.86. The fraction of sp³-hybridized carbons (Fsp3) is 0.188. The summed E-state index contributed by atoms with van der Waals surface area (Å²) in [6, 6.07) is 6.55. The van der Waals surface area contributed by atoms with E-state index in [9.17, 15) is 9.90 Å². The summed E-state index contributed by atoms with van der Waals surface area (Å²) in [6.07, 6.45) is 2.90. The maximum atomic E-state index is 11.9. The average molecular weight is 315 g/mol. The first-order valence-electron chi connectivity index (χ1n) is 6.76. The van der Waals surface area contributed by atoms with E-state index in [4.69, 9.17) is 9.47 Å². The van der Waals surface area contributed by atoms with E-state index in [1.807, 2.05) is 6.92 Å². The monoisotopic (exact) mass is 315 g/mol. The third-order valence-corrected chi connectivity index (χ3v) is 3.06. The zero-order chi connectivity index (χ0) is 16.8. The molecule has 120 valence electrons. The van der Waals surface area contributed by atoms with Gasteiger partial charge in [-0.2, -0.15) is 5.10 Å². The van der Waals surface area contributed by atoms with Crippen molar-refractivity contribution in [3.63, 3.8) is 0 Å². The Balaban J connectivity index is 2.11. The molecule has 7 heteroatoms. The Morgan fingerprint density at radius 1 is 1.26 bits per heavy atom. The lowest BCUT2D eigenvalue weighted by molar-refractivity contribution is 0.0955. The van der Waals surface area contributed by atoms with Gasteiger partial charge in [0.2, 0.25) is 5.75 Å². The Labute approximate surface area is 133 Å². The first-order valence-corrected chi connectivity index (χ1v) is 6.76. The molecule has 0 unspecified atom stereocenters. The Hall–Kier alpha value is -3.09. The van der Waals surface area contributed by atoms with Crippen LogP contribution in [0.15, 0.2) is 35.6 Å². The van der Waals surface area contributed by atoms with E-state index in [2.05, 4.69) is 15.5 Å². The van der Waals surface area contributed by atoms with Gasteiger partial charge in [0.1, 0.15) is 0 Å². The first-order chi connectivity index (χ1) is 11.0. The van der Waals surface area contributed by atoms with Crippen LogP contribution in [0.3, 0.4) is 0 Å². The second-order valence-electron chi connectivity index (χ2n) is 4.66. The highest BCUT2D eigenvalue weighted by Crippen LogP contribution is 2.36. The van der Waals surface area contributed by atoms with Crippen LogP contribution in [-0.4, -0.2) is 36.4 Å². The van der Waals surface area contributed by atoms with Gasteiger partial charge >= 0.3 is 0 Å². The number of aromatic nitrogens is 1. The predicted octanol–water partition coefficient (Wildman–Crippen LogP) is 1.88. The van der Waals surface area contributed by atoms with Crippen molar-refractivity contribution >= 4 is 12.1 Å². The van der Waals surface area contributed by atoms with Crippen LogP contribution >= 0.6 is 0 Å². The van der Waals surface area contributed by atoms with Crippen molar-refractivity contribution in [2.75, 3.05) is 14.2 Å². The second kappa shape index (κ2) is 7.26. The smallest absolute Gasteiger partial charge is 0.272 e. The molecule has 0 bridgehead atoms. The molecular weight excluding hydrogens is 298 g/mol. The number of aryl methyl sites for hydroxylation is 1. The molecule has 0 saturated heterocycles. The SMILES string of the molecule is COc1cc(/C=N\NC(=O)c2ccc(C)nc2)cc(OC)c1O. The molecule has 0 spiro atoms. The number of nitrogens with zero attached hydrogens (tertiary/aromatic N) is 2. The predicted molar refractivity (Wildman–Crippen MR) is 85.2 cm³/mol. The largest absolute Gasteiger partial charge is 0.502 e. The minimum atomic E-state index is -0.369. The molecule has 0 aliphatic rings. The molecule has 0 aliphatic heterocycles. The third-order valence-electron chi connectivity index (χ3n) is 3.06. The number of carbonyl (C=O) groups excluding carboxylic acids is 1. The average Bonchev–Trinajstić information content (AvgIpc) is 2.56. The van der Waals surface area contributed by atoms with Crippen molar-refractivity contribution in [2.45, 2.75) is 6.92 Å². The molecule has 1 aromatic carbocycles. The molecule has 0 fully saturated rings. The van der Waals surface area contributed by atoms with Gasteiger partial charge in [0.15, 0.2) is 11.5 Å². The normalized spacial score (nSPS) is 10.6. The van der Waals surface area contributed by atoms with Gasteiger partial charge in [0, 0.05) is 17.5 Å². The maximum absolute atomic E-state index is 11.9. The summed E-state index contributed by atoms with van der Waals surface area (Å²) in [5.41, 5.74) is 4.24. The lowest BCUT2D eigenvalue weighted by atomic mass is 10.2. The highest BCUT2D eigenvalue weighted by atomic mass is 16.5. The van der Waals surface area contributed by atoms with Crippen molar-refractivity contribution in [1.29, 1.82) is 0 Å². The van der Waals surface area contributed by atoms with Gasteiger partial charge in [-0.15, -0.1) is 0 Å². The molecule has 2 rings (SSSR count). The van der Waals surface area contributed by atoms with Crippen LogP contribution in [0.1, 0.15) is 21.6 Å². The van der Waals surface area contributed by atoms with Crippen LogP contribution in [0.5, 0.6) is 17.2 Å². The summed E-state index contributed by atoms with van der Waals surface area (Å²) in [6.45, 7) is 1.84. The number of phenols is 1. The van der Waals surface area contributed by atoms with Gasteiger partial charge in [-0.05, 0) is 31.2 Å². The van der Waals surface area contributed by atoms with Crippen molar-refractivity contribution in [3.8, 4) is 17.2 Å². The molecule has 1 heterocycles. The standard InChI is InChI=1S/C16H17N3O4/c1-10-4-5-12(9-17-10)16(21)19-18-8-11-6-13(22-2)15(20)14(7-11)23-3/h4-9,20H,1-3H3,(H,19,21)/b18-8-. The Kier molecular flexibility index (Phi) is 5.14. The zero-order valence-electron chi connectivity index (χ0n) is 13.0. The van der Waals surface area contributed by atoms with Crippen molar-refractivity contribution < 1.29 is 19.4 Å². The Morgan fingerprint density at radius 2 is 1.91 bits per heavy atom. The molecule has 2 N–H and O–H groups in total. The van der Waals surface area contributed by atoms with Crippen LogP contribution in [-0.2, 0) is 0 Å². The highest BCUT2D eigenvalue weighted by molar-refractivity contribution is 5.94. The lowest BCUT2D eigenvalue weighted by Crippen LogP contribution is -2.17. The topological polar surface area (TPSA) is 93.0 Å². The molecule has 0 aliphatic carbocycles. The van der Waals surface area contributed by atoms with Crippen LogP contribution < -0.4 is 14.9 Å². The minimum Gasteiger partial charge on any atom is -0.502 e. The quantitative estimate of drug-likeness (QED) is 0.649. The lowest BCUT2D eigenvalue weighted by Gasteiger charge is -2.09. The number of amides is 1. The summed E-state index contributed by atoms with van der Waals surface area (Å²) in [5.74, 6) is 0.0353. The van der Waals surface area contributed by atoms with Gasteiger partial charge < -0.3 is 14.6 Å². The number of methoxy groups -OCH3 is 2. The molecule has 2 aromatic rings. The zero-order valence-corrected chi connectivity index (χ0v) is 13.0. The summed E-state index contributed by atoms with van der Waals surface area (Å²) in [4.78, 5) is 15.9. The van der Waals surface area contributed by atoms with E-state index in [1.54, 1.807) is 24.3 Å². The molecule has 23 heavy (non-hydrogen) atoms. The van der Waals surface area contributed by atoms with Crippen LogP contribution in [0.2, 0.25) is 0 Å². The number of ether oxygens (including phenoxy) is 2. The van der Waals surface area contributed by atoms with Gasteiger partial charge in [-0.25, -0.2) is 5.43 Å². The van der Waals surface area contributed by atoms with E-state index in [-0.39, 0.29) is 23.2 Å². The number of carbonyl (C=O) groups is 1. The molecular formula is C16H17N3O4. The first kappa shape index (κ1) is 16.3. The van der Waals surface area contributed by atoms with Crippen LogP contribution in [0.25, 0.3) is 0 Å². The van der Waals surface area contributed by atoms with Crippen molar-refractivity contribution in [3.05, 3.63) is 47.3 Å². The van der Waals surface area contributed by atoms with E-state index in [0.29, 0.717) is 11.1 Å². The van der Waals surface area contributed by atoms with Gasteiger partial charge in [-0.3, -0.25) is 9.78 Å². The number of nitrogens with one attached hydrogen (secondary N) is 1. The number of hydrogen-bond acceptors (Lipinski definition) is 6. The number of pyridine rings is 1. The van der Waals surface area contributed by atoms with Crippen LogP contribution in [0.4, 0.5) is 0 Å². The summed E-state index contributed by atoms with van der Waals surface area (Å²) < 4.78 is 10.1. The molecule has 0 radical (unpaired) electrons. The molecule has 1 aromatic heterocycles. The molecule has 0 atom stereocenters. The van der Waals surface area contributed by atoms with Gasteiger partial charge in [0.25, 0.3) is 5.91 Å². The number of aromatic hydroxyl groups is 1. The maximum Gasteiger partial charge on any atom is 0.272 e. The fourth-order valence-electron chi connectivity index (χ4n) is 1.82. The van der Waals surface area contributed by atoms with E-state index >= 15 is 0 Å². The Bertz CT molecular complexity index is 702. The minimum absolute atomic E-state index is 0.0954. The van der Waals surface area contributed by atoms with Gasteiger partial charge in [0.05, 0.1) is 26.0 Å². The Morgan fingerprint density at radius 3 is 2.43 bits per heavy atom. The highest BCUT2D eigenvalue weighted by Gasteiger charge is 2.10.